The maximum atomic E-state index is 12.1. The van der Waals surface area contributed by atoms with E-state index in [0.717, 1.165) is 19.3 Å². The van der Waals surface area contributed by atoms with Crippen molar-refractivity contribution >= 4 is 5.91 Å². The summed E-state index contributed by atoms with van der Waals surface area (Å²) in [6.45, 7) is 0.504. The molecular weight excluding hydrogens is 242 g/mol. The Hall–Kier alpha value is -1.39. The Morgan fingerprint density at radius 3 is 2.63 bits per heavy atom. The molecule has 0 heterocycles. The molecule has 0 bridgehead atoms. The predicted octanol–water partition coefficient (Wildman–Crippen LogP) is 1.34. The zero-order valence-electron chi connectivity index (χ0n) is 11.2. The van der Waals surface area contributed by atoms with Gasteiger partial charge in [-0.05, 0) is 18.4 Å². The molecular formula is C15H21NO3. The number of rotatable bonds is 4. The largest absolute Gasteiger partial charge is 0.393 e. The first-order chi connectivity index (χ1) is 9.09. The van der Waals surface area contributed by atoms with Crippen LogP contribution in [0.3, 0.4) is 0 Å². The number of likely N-dealkylation sites (N-methyl/N-ethyl adjacent to an activating group) is 1. The number of nitrogens with zero attached hydrogens (tertiary/aromatic N) is 1. The van der Waals surface area contributed by atoms with Crippen molar-refractivity contribution in [2.24, 2.45) is 5.92 Å². The summed E-state index contributed by atoms with van der Waals surface area (Å²) in [5.41, 5.74) is 0.603. The molecule has 1 aliphatic carbocycles. The standard InChI is InChI=1S/C15H21NO3/c1-16(10-12-8-5-9-13(12)17)15(19)14(18)11-6-3-2-4-7-11/h2-4,6-7,12-14,17-18H,5,8-10H2,1H3. The molecule has 2 N–H and O–H groups in total. The van der Waals surface area contributed by atoms with E-state index in [2.05, 4.69) is 0 Å². The van der Waals surface area contributed by atoms with Crippen LogP contribution in [0.15, 0.2) is 30.3 Å². The molecule has 1 amide bonds. The normalized spacial score (nSPS) is 24.2. The van der Waals surface area contributed by atoms with E-state index in [1.807, 2.05) is 6.07 Å². The van der Waals surface area contributed by atoms with E-state index in [-0.39, 0.29) is 17.9 Å². The van der Waals surface area contributed by atoms with Gasteiger partial charge in [-0.1, -0.05) is 36.8 Å². The number of carbonyl (C=O) groups is 1. The van der Waals surface area contributed by atoms with Gasteiger partial charge in [0.25, 0.3) is 5.91 Å². The van der Waals surface area contributed by atoms with E-state index in [0.29, 0.717) is 12.1 Å². The lowest BCUT2D eigenvalue weighted by atomic mass is 10.0. The first-order valence-corrected chi connectivity index (χ1v) is 6.75. The van der Waals surface area contributed by atoms with Gasteiger partial charge in [0.1, 0.15) is 0 Å². The summed E-state index contributed by atoms with van der Waals surface area (Å²) in [6.07, 6.45) is 1.33. The molecule has 4 nitrogen and oxygen atoms in total. The van der Waals surface area contributed by atoms with Crippen molar-refractivity contribution in [3.8, 4) is 0 Å². The average molecular weight is 263 g/mol. The van der Waals surface area contributed by atoms with Crippen molar-refractivity contribution in [2.75, 3.05) is 13.6 Å². The second-order valence-corrected chi connectivity index (χ2v) is 5.29. The van der Waals surface area contributed by atoms with Crippen LogP contribution in [0.4, 0.5) is 0 Å². The van der Waals surface area contributed by atoms with Gasteiger partial charge in [0.15, 0.2) is 6.10 Å². The van der Waals surface area contributed by atoms with Crippen molar-refractivity contribution < 1.29 is 15.0 Å². The molecule has 0 radical (unpaired) electrons. The van der Waals surface area contributed by atoms with Gasteiger partial charge in [-0.15, -0.1) is 0 Å². The fourth-order valence-corrected chi connectivity index (χ4v) is 2.66. The summed E-state index contributed by atoms with van der Waals surface area (Å²) in [5.74, 6) is -0.178. The molecule has 4 heteroatoms. The molecule has 1 aliphatic rings. The number of carbonyl (C=O) groups excluding carboxylic acids is 1. The van der Waals surface area contributed by atoms with E-state index < -0.39 is 6.10 Å². The molecule has 0 spiro atoms. The summed E-state index contributed by atoms with van der Waals surface area (Å²) in [4.78, 5) is 13.7. The van der Waals surface area contributed by atoms with E-state index in [9.17, 15) is 15.0 Å². The number of aliphatic hydroxyl groups is 2. The highest BCUT2D eigenvalue weighted by Gasteiger charge is 2.29. The van der Waals surface area contributed by atoms with Crippen LogP contribution in [0.5, 0.6) is 0 Å². The third-order valence-corrected chi connectivity index (χ3v) is 3.85. The van der Waals surface area contributed by atoms with E-state index in [1.165, 1.54) is 4.90 Å². The highest BCUT2D eigenvalue weighted by molar-refractivity contribution is 5.81. The predicted molar refractivity (Wildman–Crippen MR) is 72.4 cm³/mol. The van der Waals surface area contributed by atoms with Crippen LogP contribution in [-0.2, 0) is 4.79 Å². The SMILES string of the molecule is CN(CC1CCCC1O)C(=O)C(O)c1ccccc1. The maximum absolute atomic E-state index is 12.1. The van der Waals surface area contributed by atoms with Crippen molar-refractivity contribution in [1.29, 1.82) is 0 Å². The molecule has 0 aliphatic heterocycles. The number of benzene rings is 1. The summed E-state index contributed by atoms with van der Waals surface area (Å²) in [6, 6.07) is 8.92. The summed E-state index contributed by atoms with van der Waals surface area (Å²) >= 11 is 0. The molecule has 2 rings (SSSR count). The topological polar surface area (TPSA) is 60.8 Å². The second kappa shape index (κ2) is 6.17. The van der Waals surface area contributed by atoms with Crippen molar-refractivity contribution in [3.05, 3.63) is 35.9 Å². The molecule has 104 valence electrons. The molecule has 1 aromatic rings. The fourth-order valence-electron chi connectivity index (χ4n) is 2.66. The Morgan fingerprint density at radius 1 is 1.37 bits per heavy atom. The molecule has 1 saturated carbocycles. The molecule has 0 saturated heterocycles. The third kappa shape index (κ3) is 3.33. The van der Waals surface area contributed by atoms with Gasteiger partial charge in [-0.2, -0.15) is 0 Å². The minimum Gasteiger partial charge on any atom is -0.393 e. The molecule has 1 aromatic carbocycles. The quantitative estimate of drug-likeness (QED) is 0.861. The van der Waals surface area contributed by atoms with Crippen molar-refractivity contribution in [3.63, 3.8) is 0 Å². The number of hydrogen-bond donors (Lipinski definition) is 2. The van der Waals surface area contributed by atoms with Gasteiger partial charge in [0, 0.05) is 19.5 Å². The Labute approximate surface area is 113 Å². The first-order valence-electron chi connectivity index (χ1n) is 6.75. The van der Waals surface area contributed by atoms with Crippen LogP contribution < -0.4 is 0 Å². The lowest BCUT2D eigenvalue weighted by Crippen LogP contribution is -2.37. The first kappa shape index (κ1) is 14.0. The zero-order chi connectivity index (χ0) is 13.8. The third-order valence-electron chi connectivity index (χ3n) is 3.85. The fraction of sp³-hybridized carbons (Fsp3) is 0.533. The van der Waals surface area contributed by atoms with Crippen LogP contribution in [0.1, 0.15) is 30.9 Å². The number of aliphatic hydroxyl groups excluding tert-OH is 2. The molecule has 0 aromatic heterocycles. The van der Waals surface area contributed by atoms with Gasteiger partial charge in [-0.3, -0.25) is 4.79 Å². The van der Waals surface area contributed by atoms with Gasteiger partial charge in [-0.25, -0.2) is 0 Å². The van der Waals surface area contributed by atoms with E-state index in [1.54, 1.807) is 31.3 Å². The second-order valence-electron chi connectivity index (χ2n) is 5.29. The molecule has 19 heavy (non-hydrogen) atoms. The number of amides is 1. The van der Waals surface area contributed by atoms with Crippen molar-refractivity contribution in [1.82, 2.24) is 4.90 Å². The van der Waals surface area contributed by atoms with E-state index in [4.69, 9.17) is 0 Å². The summed E-state index contributed by atoms with van der Waals surface area (Å²) in [7, 11) is 1.68. The van der Waals surface area contributed by atoms with Gasteiger partial charge in [0.05, 0.1) is 6.10 Å². The summed E-state index contributed by atoms with van der Waals surface area (Å²) < 4.78 is 0. The number of hydrogen-bond acceptors (Lipinski definition) is 3. The minimum atomic E-state index is -1.12. The van der Waals surface area contributed by atoms with E-state index >= 15 is 0 Å². The molecule has 3 unspecified atom stereocenters. The summed E-state index contributed by atoms with van der Waals surface area (Å²) in [5, 5.41) is 19.8. The lowest BCUT2D eigenvalue weighted by Gasteiger charge is -2.25. The van der Waals surface area contributed by atoms with Gasteiger partial charge >= 0.3 is 0 Å². The Kier molecular flexibility index (Phi) is 4.56. The van der Waals surface area contributed by atoms with Gasteiger partial charge < -0.3 is 15.1 Å². The van der Waals surface area contributed by atoms with Crippen molar-refractivity contribution in [2.45, 2.75) is 31.5 Å². The van der Waals surface area contributed by atoms with Crippen LogP contribution in [0.25, 0.3) is 0 Å². The smallest absolute Gasteiger partial charge is 0.255 e. The highest BCUT2D eigenvalue weighted by Crippen LogP contribution is 2.26. The Morgan fingerprint density at radius 2 is 2.05 bits per heavy atom. The molecule has 3 atom stereocenters. The van der Waals surface area contributed by atoms with Crippen LogP contribution in [0.2, 0.25) is 0 Å². The van der Waals surface area contributed by atoms with Crippen LogP contribution >= 0.6 is 0 Å². The lowest BCUT2D eigenvalue weighted by molar-refractivity contribution is -0.140. The minimum absolute atomic E-state index is 0.136. The highest BCUT2D eigenvalue weighted by atomic mass is 16.3. The van der Waals surface area contributed by atoms with Crippen LogP contribution in [-0.4, -0.2) is 40.7 Å². The Balaban J connectivity index is 1.95. The zero-order valence-corrected chi connectivity index (χ0v) is 11.2. The van der Waals surface area contributed by atoms with Gasteiger partial charge in [0.2, 0.25) is 0 Å². The average Bonchev–Trinajstić information content (AvgIpc) is 2.83. The maximum Gasteiger partial charge on any atom is 0.255 e. The monoisotopic (exact) mass is 263 g/mol. The Bertz CT molecular complexity index is 421. The molecule has 1 fully saturated rings. The van der Waals surface area contributed by atoms with Crippen LogP contribution in [0, 0.1) is 5.92 Å².